The van der Waals surface area contributed by atoms with Gasteiger partial charge in [0.2, 0.25) is 0 Å². The van der Waals surface area contributed by atoms with Gasteiger partial charge >= 0.3 is 11.7 Å². The zero-order valence-electron chi connectivity index (χ0n) is 15.6. The van der Waals surface area contributed by atoms with Gasteiger partial charge in [-0.05, 0) is 33.3 Å². The maximum atomic E-state index is 12.8. The number of nitriles is 1. The van der Waals surface area contributed by atoms with E-state index in [0.29, 0.717) is 11.3 Å². The third-order valence-corrected chi connectivity index (χ3v) is 4.20. The lowest BCUT2D eigenvalue weighted by Crippen LogP contribution is -2.42. The quantitative estimate of drug-likeness (QED) is 0.593. The first-order valence-corrected chi connectivity index (χ1v) is 8.40. The van der Waals surface area contributed by atoms with Crippen LogP contribution in [0.25, 0.3) is 0 Å². The highest BCUT2D eigenvalue weighted by Gasteiger charge is 2.24. The molecule has 0 amide bonds. The van der Waals surface area contributed by atoms with Crippen molar-refractivity contribution < 1.29 is 14.3 Å². The molecule has 0 radical (unpaired) electrons. The molecule has 0 spiro atoms. The van der Waals surface area contributed by atoms with E-state index >= 15 is 0 Å². The standard InChI is InChI=1S/C18H20N4O5/c1-5-21-8-12(7-19)16(24)22(18(21)26)9-13(23)14-10(3)15(20-11(14)4)17(25)27-6-2/h8,20H,5-6,9H2,1-4H3. The smallest absolute Gasteiger partial charge is 0.355 e. The Hall–Kier alpha value is -3.41. The van der Waals surface area contributed by atoms with Crippen LogP contribution in [0.1, 0.15) is 51.5 Å². The van der Waals surface area contributed by atoms with E-state index in [2.05, 4.69) is 4.98 Å². The van der Waals surface area contributed by atoms with Crippen LogP contribution < -0.4 is 11.2 Å². The van der Waals surface area contributed by atoms with Crippen LogP contribution in [0.4, 0.5) is 0 Å². The molecule has 27 heavy (non-hydrogen) atoms. The van der Waals surface area contributed by atoms with Crippen molar-refractivity contribution in [2.75, 3.05) is 6.61 Å². The monoisotopic (exact) mass is 372 g/mol. The fourth-order valence-electron chi connectivity index (χ4n) is 2.89. The van der Waals surface area contributed by atoms with Gasteiger partial charge in [-0.2, -0.15) is 5.26 Å². The van der Waals surface area contributed by atoms with E-state index in [9.17, 15) is 19.2 Å². The average Bonchev–Trinajstić information content (AvgIpc) is 2.93. The van der Waals surface area contributed by atoms with Gasteiger partial charge in [0.1, 0.15) is 17.3 Å². The van der Waals surface area contributed by atoms with E-state index in [1.54, 1.807) is 33.8 Å². The number of nitrogens with zero attached hydrogens (tertiary/aromatic N) is 3. The predicted octanol–water partition coefficient (Wildman–Crippen LogP) is 0.906. The number of nitrogens with one attached hydrogen (secondary N) is 1. The van der Waals surface area contributed by atoms with Crippen LogP contribution in [-0.2, 0) is 17.8 Å². The summed E-state index contributed by atoms with van der Waals surface area (Å²) < 4.78 is 6.87. The molecule has 2 aromatic rings. The fraction of sp³-hybridized carbons (Fsp3) is 0.389. The van der Waals surface area contributed by atoms with Gasteiger partial charge in [0.05, 0.1) is 13.2 Å². The highest BCUT2D eigenvalue weighted by atomic mass is 16.5. The molecule has 2 aromatic heterocycles. The van der Waals surface area contributed by atoms with E-state index in [1.807, 2.05) is 0 Å². The number of Topliss-reactive ketones (excluding diaryl/α,β-unsaturated/α-hetero) is 1. The Labute approximate surface area is 154 Å². The molecule has 0 aromatic carbocycles. The molecule has 0 saturated carbocycles. The Morgan fingerprint density at radius 1 is 1.26 bits per heavy atom. The maximum absolute atomic E-state index is 12.8. The molecule has 0 atom stereocenters. The van der Waals surface area contributed by atoms with Gasteiger partial charge < -0.3 is 9.72 Å². The zero-order valence-corrected chi connectivity index (χ0v) is 15.6. The minimum absolute atomic E-state index is 0.154. The Morgan fingerprint density at radius 3 is 2.48 bits per heavy atom. The molecule has 0 saturated heterocycles. The lowest BCUT2D eigenvalue weighted by Gasteiger charge is -2.09. The summed E-state index contributed by atoms with van der Waals surface area (Å²) in [6.07, 6.45) is 1.18. The number of rotatable bonds is 6. The van der Waals surface area contributed by atoms with Crippen LogP contribution in [0.3, 0.4) is 0 Å². The molecule has 0 fully saturated rings. The molecule has 0 bridgehead atoms. The summed E-state index contributed by atoms with van der Waals surface area (Å²) in [4.78, 5) is 52.3. The number of aromatic nitrogens is 3. The lowest BCUT2D eigenvalue weighted by molar-refractivity contribution is 0.0519. The van der Waals surface area contributed by atoms with Crippen LogP contribution in [-0.4, -0.2) is 32.5 Å². The molecule has 2 heterocycles. The van der Waals surface area contributed by atoms with E-state index in [4.69, 9.17) is 10.00 Å². The number of hydrogen-bond donors (Lipinski definition) is 1. The number of carbonyl (C=O) groups is 2. The molecule has 0 aliphatic rings. The second-order valence-electron chi connectivity index (χ2n) is 5.88. The van der Waals surface area contributed by atoms with E-state index in [-0.39, 0.29) is 30.0 Å². The van der Waals surface area contributed by atoms with Crippen molar-refractivity contribution in [3.05, 3.63) is 55.1 Å². The average molecular weight is 372 g/mol. The number of carbonyl (C=O) groups excluding carboxylic acids is 2. The Kier molecular flexibility index (Phi) is 5.80. The largest absolute Gasteiger partial charge is 0.461 e. The molecule has 9 heteroatoms. The van der Waals surface area contributed by atoms with Crippen molar-refractivity contribution in [1.82, 2.24) is 14.1 Å². The van der Waals surface area contributed by atoms with Crippen molar-refractivity contribution in [3.63, 3.8) is 0 Å². The summed E-state index contributed by atoms with van der Waals surface area (Å²) in [5, 5.41) is 9.09. The number of ketones is 1. The van der Waals surface area contributed by atoms with Gasteiger partial charge in [-0.15, -0.1) is 0 Å². The molecular formula is C18H20N4O5. The molecular weight excluding hydrogens is 352 g/mol. The van der Waals surface area contributed by atoms with Crippen LogP contribution in [0.2, 0.25) is 0 Å². The topological polar surface area (TPSA) is 127 Å². The lowest BCUT2D eigenvalue weighted by atomic mass is 10.1. The number of aromatic amines is 1. The molecule has 9 nitrogen and oxygen atoms in total. The van der Waals surface area contributed by atoms with Gasteiger partial charge in [-0.1, -0.05) is 0 Å². The SMILES string of the molecule is CCOC(=O)c1[nH]c(C)c(C(=O)Cn2c(=O)c(C#N)cn(CC)c2=O)c1C. The summed E-state index contributed by atoms with van der Waals surface area (Å²) in [6, 6.07) is 1.73. The number of hydrogen-bond acceptors (Lipinski definition) is 6. The van der Waals surface area contributed by atoms with Crippen molar-refractivity contribution in [3.8, 4) is 6.07 Å². The van der Waals surface area contributed by atoms with Crippen molar-refractivity contribution in [2.45, 2.75) is 40.8 Å². The maximum Gasteiger partial charge on any atom is 0.355 e. The summed E-state index contributed by atoms with van der Waals surface area (Å²) in [5.74, 6) is -1.11. The third-order valence-electron chi connectivity index (χ3n) is 4.20. The van der Waals surface area contributed by atoms with Gasteiger partial charge in [0.25, 0.3) is 5.56 Å². The Balaban J connectivity index is 2.51. The summed E-state index contributed by atoms with van der Waals surface area (Å²) in [5.41, 5.74) is -0.532. The second kappa shape index (κ2) is 7.86. The minimum atomic E-state index is -0.822. The van der Waals surface area contributed by atoms with Gasteiger partial charge in [0, 0.05) is 24.0 Å². The first-order valence-electron chi connectivity index (χ1n) is 8.40. The molecule has 2 rings (SSSR count). The number of H-pyrrole nitrogens is 1. The summed E-state index contributed by atoms with van der Waals surface area (Å²) >= 11 is 0. The number of esters is 1. The highest BCUT2D eigenvalue weighted by molar-refractivity contribution is 6.02. The molecule has 0 unspecified atom stereocenters. The number of aryl methyl sites for hydroxylation is 2. The zero-order chi connectivity index (χ0) is 20.3. The van der Waals surface area contributed by atoms with Crippen LogP contribution in [0.5, 0.6) is 0 Å². The summed E-state index contributed by atoms with van der Waals surface area (Å²) in [6.45, 7) is 6.45. The van der Waals surface area contributed by atoms with Crippen LogP contribution in [0, 0.1) is 25.2 Å². The Morgan fingerprint density at radius 2 is 1.93 bits per heavy atom. The Bertz CT molecular complexity index is 1070. The van der Waals surface area contributed by atoms with Gasteiger partial charge in [-0.3, -0.25) is 18.7 Å². The van der Waals surface area contributed by atoms with Gasteiger partial charge in [0.15, 0.2) is 5.78 Å². The van der Waals surface area contributed by atoms with Crippen molar-refractivity contribution in [1.29, 1.82) is 5.26 Å². The molecule has 1 N–H and O–H groups in total. The van der Waals surface area contributed by atoms with Crippen molar-refractivity contribution >= 4 is 11.8 Å². The summed E-state index contributed by atoms with van der Waals surface area (Å²) in [7, 11) is 0. The molecule has 142 valence electrons. The minimum Gasteiger partial charge on any atom is -0.461 e. The van der Waals surface area contributed by atoms with Crippen LogP contribution >= 0.6 is 0 Å². The number of ether oxygens (including phenoxy) is 1. The first-order chi connectivity index (χ1) is 12.8. The first kappa shape index (κ1) is 19.9. The van der Waals surface area contributed by atoms with Gasteiger partial charge in [-0.25, -0.2) is 9.59 Å². The van der Waals surface area contributed by atoms with Crippen LogP contribution in [0.15, 0.2) is 15.8 Å². The third kappa shape index (κ3) is 3.60. The highest BCUT2D eigenvalue weighted by Crippen LogP contribution is 2.19. The fourth-order valence-corrected chi connectivity index (χ4v) is 2.89. The molecule has 0 aliphatic heterocycles. The van der Waals surface area contributed by atoms with Crippen molar-refractivity contribution in [2.24, 2.45) is 0 Å². The predicted molar refractivity (Wildman–Crippen MR) is 95.9 cm³/mol. The van der Waals surface area contributed by atoms with E-state index in [0.717, 1.165) is 4.57 Å². The van der Waals surface area contributed by atoms with E-state index in [1.165, 1.54) is 10.8 Å². The normalized spacial score (nSPS) is 10.5. The van der Waals surface area contributed by atoms with E-state index < -0.39 is 29.5 Å². The molecule has 0 aliphatic carbocycles. The second-order valence-corrected chi connectivity index (χ2v) is 5.88.